The number of benzene rings is 4. The molecule has 0 radical (unpaired) electrons. The number of nitrogens with two attached hydrogens (primary N) is 1. The second kappa shape index (κ2) is 33.9. The van der Waals surface area contributed by atoms with Crippen LogP contribution in [0, 0.1) is 28.6 Å². The highest BCUT2D eigenvalue weighted by Crippen LogP contribution is 2.60. The van der Waals surface area contributed by atoms with Crippen molar-refractivity contribution in [3.05, 3.63) is 130 Å². The van der Waals surface area contributed by atoms with Crippen molar-refractivity contribution in [3.63, 3.8) is 0 Å². The number of carbonyl (C=O) groups is 9. The molecular formula is C78H104N8O14. The molecule has 22 heteroatoms. The molecule has 9 atom stereocenters. The van der Waals surface area contributed by atoms with Crippen molar-refractivity contribution >= 4 is 75.9 Å². The standard InChI is InChI=1S/C78H104N8O14/c1-49(2)69(72(94)81-51(4)70(92)82-57-24-20-53-22-27-64-76(6,60(53)47-57)33-14-35-78(64,8)74(96)85-73(95)77(7)34-13-32-75(5)59-46-56(79)23-19-52(59)21-26-63(75)77)84-71(93)61(25-30-68(90)91)83-66(88)31-37-97-39-41-99-43-44-100-42-40-98-38-36-80-65(87)28-29-67(89)86-48-55-16-9-11-17-58(55)50(3)45-54-15-10-12-18-62(54)86/h9-12,15-20,23-24,46-47,49,51,61,63-64,69H,3,13-14,21-22,25-45,48,79H2,1-2,4-8H3,(H,80,87)(H,81,94)(H,82,92)(H,83,88)(H,84,93)(H,90,91)(H,85,95,96)/t51-,61+,63+,64+,69-,75+,76+,77-,78-/m0/s1. The monoisotopic (exact) mass is 1380 g/mol. The number of carbonyl (C=O) groups excluding carboxylic acids is 8. The van der Waals surface area contributed by atoms with Gasteiger partial charge in [-0.25, -0.2) is 0 Å². The summed E-state index contributed by atoms with van der Waals surface area (Å²) in [5.74, 6) is -5.05. The molecule has 5 aliphatic rings. The van der Waals surface area contributed by atoms with Crippen molar-refractivity contribution in [2.45, 2.75) is 187 Å². The minimum Gasteiger partial charge on any atom is -0.481 e. The number of aliphatic carboxylic acids is 1. The highest BCUT2D eigenvalue weighted by Gasteiger charge is 2.58. The van der Waals surface area contributed by atoms with Crippen molar-refractivity contribution in [3.8, 4) is 0 Å². The van der Waals surface area contributed by atoms with Gasteiger partial charge in [-0.2, -0.15) is 0 Å². The largest absolute Gasteiger partial charge is 0.481 e. The number of carboxylic acid groups (broad SMARTS) is 1. The van der Waals surface area contributed by atoms with Crippen LogP contribution in [0.5, 0.6) is 0 Å². The van der Waals surface area contributed by atoms with Crippen LogP contribution < -0.4 is 42.5 Å². The Morgan fingerprint density at radius 3 is 1.79 bits per heavy atom. The topological polar surface area (TPSA) is 312 Å². The molecular weight excluding hydrogens is 1270 g/mol. The minimum absolute atomic E-state index is 0.0213. The molecule has 1 aliphatic heterocycles. The summed E-state index contributed by atoms with van der Waals surface area (Å²) in [6, 6.07) is 24.2. The Balaban J connectivity index is 0.652. The number of nitrogens with zero attached hydrogens (tertiary/aromatic N) is 1. The maximum absolute atomic E-state index is 14.8. The number of allylic oxidation sites excluding steroid dienone is 1. The fourth-order valence-electron chi connectivity index (χ4n) is 16.5. The van der Waals surface area contributed by atoms with E-state index in [1.165, 1.54) is 18.1 Å². The number of para-hydroxylation sites is 1. The van der Waals surface area contributed by atoms with E-state index in [4.69, 9.17) is 24.7 Å². The van der Waals surface area contributed by atoms with Gasteiger partial charge in [0.2, 0.25) is 47.3 Å². The molecule has 1 heterocycles. The van der Waals surface area contributed by atoms with Crippen LogP contribution in [0.25, 0.3) is 5.57 Å². The zero-order chi connectivity index (χ0) is 71.9. The van der Waals surface area contributed by atoms with Crippen molar-refractivity contribution in [2.24, 2.45) is 28.6 Å². The molecule has 9 rings (SSSR count). The number of anilines is 3. The molecule has 8 amide bonds. The van der Waals surface area contributed by atoms with Crippen LogP contribution >= 0.6 is 0 Å². The van der Waals surface area contributed by atoms with E-state index in [0.29, 0.717) is 56.8 Å². The predicted octanol–water partition coefficient (Wildman–Crippen LogP) is 8.72. The molecule has 2 fully saturated rings. The van der Waals surface area contributed by atoms with Crippen molar-refractivity contribution in [1.29, 1.82) is 0 Å². The number of fused-ring (bicyclic) bond motifs is 8. The highest BCUT2D eigenvalue weighted by molar-refractivity contribution is 6.02. The fourth-order valence-corrected chi connectivity index (χ4v) is 16.5. The lowest BCUT2D eigenvalue weighted by Crippen LogP contribution is -2.60. The van der Waals surface area contributed by atoms with E-state index in [0.717, 1.165) is 84.0 Å². The molecule has 22 nitrogen and oxygen atoms in total. The molecule has 0 unspecified atom stereocenters. The number of ether oxygens (including phenoxy) is 4. The number of carboxylic acids is 1. The van der Waals surface area contributed by atoms with Gasteiger partial charge in [0.1, 0.15) is 18.1 Å². The van der Waals surface area contributed by atoms with Crippen LogP contribution in [0.1, 0.15) is 171 Å². The lowest BCUT2D eigenvalue weighted by molar-refractivity contribution is -0.150. The summed E-state index contributed by atoms with van der Waals surface area (Å²) in [7, 11) is 0. The zero-order valence-electron chi connectivity index (χ0n) is 59.4. The third-order valence-electron chi connectivity index (χ3n) is 22.0. The lowest BCUT2D eigenvalue weighted by atomic mass is 9.49. The summed E-state index contributed by atoms with van der Waals surface area (Å²) < 4.78 is 22.3. The van der Waals surface area contributed by atoms with Crippen molar-refractivity contribution < 1.29 is 67.2 Å². The maximum Gasteiger partial charge on any atom is 0.303 e. The van der Waals surface area contributed by atoms with Gasteiger partial charge in [0.05, 0.1) is 70.2 Å². The Bertz CT molecular complexity index is 3670. The number of amides is 8. The minimum atomic E-state index is -1.30. The van der Waals surface area contributed by atoms with Gasteiger partial charge < -0.3 is 61.3 Å². The van der Waals surface area contributed by atoms with Gasteiger partial charge in [0, 0.05) is 49.3 Å². The second-order valence-corrected chi connectivity index (χ2v) is 29.2. The zero-order valence-corrected chi connectivity index (χ0v) is 59.4. The van der Waals surface area contributed by atoms with Gasteiger partial charge >= 0.3 is 5.97 Å². The molecule has 4 aromatic rings. The number of rotatable bonds is 31. The first-order valence-electron chi connectivity index (χ1n) is 35.8. The normalized spacial score (nSPS) is 23.0. The summed E-state index contributed by atoms with van der Waals surface area (Å²) >= 11 is 0. The molecule has 100 heavy (non-hydrogen) atoms. The molecule has 0 saturated heterocycles. The van der Waals surface area contributed by atoms with Crippen LogP contribution in [-0.2, 0) is 98.7 Å². The summed E-state index contributed by atoms with van der Waals surface area (Å²) in [6.45, 7) is 20.2. The first-order valence-corrected chi connectivity index (χ1v) is 35.8. The van der Waals surface area contributed by atoms with Gasteiger partial charge in [0.15, 0.2) is 0 Å². The number of nitrogen functional groups attached to an aromatic ring is 1. The Kier molecular flexibility index (Phi) is 25.7. The van der Waals surface area contributed by atoms with Crippen LogP contribution in [0.15, 0.2) is 91.5 Å². The number of imide groups is 1. The van der Waals surface area contributed by atoms with Crippen LogP contribution in [-0.4, -0.2) is 136 Å². The lowest BCUT2D eigenvalue weighted by Gasteiger charge is -2.56. The maximum atomic E-state index is 14.8. The highest BCUT2D eigenvalue weighted by atomic mass is 16.6. The fraction of sp³-hybridized carbons (Fsp3) is 0.551. The Labute approximate surface area is 588 Å². The number of nitrogens with one attached hydrogen (secondary N) is 6. The summed E-state index contributed by atoms with van der Waals surface area (Å²) in [5.41, 5.74) is 14.8. The SMILES string of the molecule is C=C1Cc2ccccc2N(C(=O)CCC(=O)NCCOCCOCCOCCOCCC(=O)N[C@H](CCC(=O)O)C(=O)N[C@H](C(=O)N[C@@H](C)C(=O)Nc2ccc3c(c2)[C@@]2(C)CCC[C@](C)(C(=O)NC(=O)[C@@]4(C)CCC[C@]5(C)c6cc(N)ccc6CC[C@@H]45)[C@@H]2CC3)C(C)C)Cc2ccccc21. The molecule has 4 aromatic carbocycles. The Morgan fingerprint density at radius 2 is 1.17 bits per heavy atom. The Morgan fingerprint density at radius 1 is 0.600 bits per heavy atom. The number of aryl methyl sites for hydroxylation is 2. The first kappa shape index (κ1) is 75.9. The van der Waals surface area contributed by atoms with Gasteiger partial charge in [-0.3, -0.25) is 48.5 Å². The van der Waals surface area contributed by atoms with Crippen LogP contribution in [0.2, 0.25) is 0 Å². The predicted molar refractivity (Wildman–Crippen MR) is 381 cm³/mol. The second-order valence-electron chi connectivity index (χ2n) is 29.2. The van der Waals surface area contributed by atoms with Crippen molar-refractivity contribution in [2.75, 3.05) is 75.4 Å². The van der Waals surface area contributed by atoms with Gasteiger partial charge in [0.25, 0.3) is 0 Å². The Hall–Kier alpha value is -8.31. The van der Waals surface area contributed by atoms with E-state index >= 15 is 0 Å². The van der Waals surface area contributed by atoms with E-state index < -0.39 is 76.3 Å². The summed E-state index contributed by atoms with van der Waals surface area (Å²) in [5, 5.41) is 26.3. The molecule has 0 aromatic heterocycles. The third-order valence-corrected chi connectivity index (χ3v) is 22.0. The molecule has 0 bridgehead atoms. The van der Waals surface area contributed by atoms with Gasteiger partial charge in [-0.05, 0) is 175 Å². The average molecular weight is 1380 g/mol. The summed E-state index contributed by atoms with van der Waals surface area (Å²) in [4.78, 5) is 124. The molecule has 9 N–H and O–H groups in total. The van der Waals surface area contributed by atoms with Crippen LogP contribution in [0.3, 0.4) is 0 Å². The average Bonchev–Trinajstić information content (AvgIpc) is 0.725. The number of hydrogen-bond donors (Lipinski definition) is 8. The van der Waals surface area contributed by atoms with E-state index in [1.54, 1.807) is 18.7 Å². The first-order chi connectivity index (χ1) is 47.7. The van der Waals surface area contributed by atoms with Crippen molar-refractivity contribution in [1.82, 2.24) is 26.6 Å². The molecule has 0 spiro atoms. The summed E-state index contributed by atoms with van der Waals surface area (Å²) in [6.07, 6.45) is 7.77. The molecule has 2 saturated carbocycles. The molecule has 540 valence electrons. The van der Waals surface area contributed by atoms with E-state index in [1.807, 2.05) is 86.6 Å². The number of hydrogen-bond acceptors (Lipinski definition) is 14. The van der Waals surface area contributed by atoms with Gasteiger partial charge in [-0.15, -0.1) is 0 Å². The smallest absolute Gasteiger partial charge is 0.303 e. The quantitative estimate of drug-likeness (QED) is 0.0133. The third kappa shape index (κ3) is 18.1. The van der Waals surface area contributed by atoms with Gasteiger partial charge in [-0.1, -0.05) is 116 Å². The van der Waals surface area contributed by atoms with E-state index in [2.05, 4.69) is 64.5 Å². The molecule has 4 aliphatic carbocycles. The van der Waals surface area contributed by atoms with E-state index in [-0.39, 0.29) is 113 Å². The van der Waals surface area contributed by atoms with E-state index in [9.17, 15) is 48.3 Å². The van der Waals surface area contributed by atoms with Crippen LogP contribution in [0.4, 0.5) is 17.1 Å².